The largest absolute Gasteiger partial charge is 0.496 e. The van der Waals surface area contributed by atoms with E-state index < -0.39 is 35.3 Å². The van der Waals surface area contributed by atoms with Crippen LogP contribution in [0.15, 0.2) is 63.5 Å². The van der Waals surface area contributed by atoms with Gasteiger partial charge in [-0.25, -0.2) is 13.6 Å². The molecule has 0 aliphatic heterocycles. The summed E-state index contributed by atoms with van der Waals surface area (Å²) in [6.07, 6.45) is 0. The SMILES string of the molecule is COc1ccccc1Cn1c(=O)c2sccc2n(CC(=O)Nc2ccc(F)cc2F)c1=O. The number of thiophene rings is 1. The number of nitrogens with one attached hydrogen (secondary N) is 1. The Balaban J connectivity index is 1.73. The number of para-hydroxylation sites is 1. The first-order valence-corrected chi connectivity index (χ1v) is 10.3. The lowest BCUT2D eigenvalue weighted by molar-refractivity contribution is -0.116. The number of nitrogens with zero attached hydrogens (tertiary/aromatic N) is 2. The van der Waals surface area contributed by atoms with E-state index in [2.05, 4.69) is 5.32 Å². The van der Waals surface area contributed by atoms with E-state index in [4.69, 9.17) is 4.74 Å². The van der Waals surface area contributed by atoms with E-state index in [-0.39, 0.29) is 12.2 Å². The van der Waals surface area contributed by atoms with Gasteiger partial charge in [0, 0.05) is 11.6 Å². The average molecular weight is 457 g/mol. The summed E-state index contributed by atoms with van der Waals surface area (Å²) in [6.45, 7) is -0.515. The molecule has 0 spiro atoms. The molecule has 7 nitrogen and oxygen atoms in total. The molecule has 2 aromatic heterocycles. The topological polar surface area (TPSA) is 82.3 Å². The highest BCUT2D eigenvalue weighted by molar-refractivity contribution is 7.17. The average Bonchev–Trinajstić information content (AvgIpc) is 3.26. The van der Waals surface area contributed by atoms with Gasteiger partial charge in [-0.05, 0) is 29.6 Å². The van der Waals surface area contributed by atoms with Gasteiger partial charge in [0.15, 0.2) is 0 Å². The second kappa shape index (κ2) is 8.75. The molecule has 164 valence electrons. The number of amides is 1. The van der Waals surface area contributed by atoms with Crippen LogP contribution in [0.5, 0.6) is 5.75 Å². The van der Waals surface area contributed by atoms with Crippen LogP contribution in [0.4, 0.5) is 14.5 Å². The van der Waals surface area contributed by atoms with Crippen molar-refractivity contribution < 1.29 is 18.3 Å². The lowest BCUT2D eigenvalue weighted by Gasteiger charge is -2.14. The number of carbonyl (C=O) groups excluding carboxylic acids is 1. The molecule has 0 unspecified atom stereocenters. The molecule has 1 N–H and O–H groups in total. The smallest absolute Gasteiger partial charge is 0.332 e. The zero-order valence-corrected chi connectivity index (χ0v) is 17.6. The second-order valence-corrected chi connectivity index (χ2v) is 7.80. The molecule has 32 heavy (non-hydrogen) atoms. The Kier molecular flexibility index (Phi) is 5.87. The lowest BCUT2D eigenvalue weighted by Crippen LogP contribution is -2.41. The number of ether oxygens (including phenoxy) is 1. The number of aromatic nitrogens is 2. The molecule has 0 atom stereocenters. The van der Waals surface area contributed by atoms with Crippen LogP contribution in [0.3, 0.4) is 0 Å². The zero-order valence-electron chi connectivity index (χ0n) is 16.8. The van der Waals surface area contributed by atoms with Crippen LogP contribution >= 0.6 is 11.3 Å². The van der Waals surface area contributed by atoms with E-state index in [9.17, 15) is 23.2 Å². The van der Waals surface area contributed by atoms with Crippen molar-refractivity contribution in [1.29, 1.82) is 0 Å². The number of rotatable bonds is 6. The predicted molar refractivity (Wildman–Crippen MR) is 117 cm³/mol. The van der Waals surface area contributed by atoms with Gasteiger partial charge in [-0.1, -0.05) is 18.2 Å². The van der Waals surface area contributed by atoms with Gasteiger partial charge in [-0.15, -0.1) is 11.3 Å². The zero-order chi connectivity index (χ0) is 22.8. The van der Waals surface area contributed by atoms with Crippen LogP contribution in [0.2, 0.25) is 0 Å². The van der Waals surface area contributed by atoms with E-state index in [0.717, 1.165) is 32.6 Å². The fourth-order valence-corrected chi connectivity index (χ4v) is 4.20. The molecule has 0 aliphatic rings. The Morgan fingerprint density at radius 1 is 1.09 bits per heavy atom. The lowest BCUT2D eigenvalue weighted by atomic mass is 10.2. The molecule has 2 aromatic carbocycles. The van der Waals surface area contributed by atoms with Crippen LogP contribution in [0.25, 0.3) is 10.2 Å². The first kappa shape index (κ1) is 21.4. The van der Waals surface area contributed by atoms with Crippen LogP contribution < -0.4 is 21.3 Å². The summed E-state index contributed by atoms with van der Waals surface area (Å²) >= 11 is 1.15. The second-order valence-electron chi connectivity index (χ2n) is 6.88. The van der Waals surface area contributed by atoms with Gasteiger partial charge in [-0.2, -0.15) is 0 Å². The Hall–Kier alpha value is -3.79. The van der Waals surface area contributed by atoms with Crippen molar-refractivity contribution in [3.05, 3.63) is 91.9 Å². The highest BCUT2D eigenvalue weighted by atomic mass is 32.1. The minimum absolute atomic E-state index is 0.0519. The Morgan fingerprint density at radius 3 is 2.62 bits per heavy atom. The summed E-state index contributed by atoms with van der Waals surface area (Å²) in [6, 6.07) is 11.3. The van der Waals surface area contributed by atoms with E-state index in [0.29, 0.717) is 27.6 Å². The van der Waals surface area contributed by atoms with Gasteiger partial charge in [0.1, 0.15) is 28.6 Å². The number of carbonyl (C=O) groups is 1. The molecule has 4 aromatic rings. The van der Waals surface area contributed by atoms with Crippen molar-refractivity contribution in [2.75, 3.05) is 12.4 Å². The van der Waals surface area contributed by atoms with Gasteiger partial charge in [-0.3, -0.25) is 18.7 Å². The third-order valence-corrected chi connectivity index (χ3v) is 5.76. The summed E-state index contributed by atoms with van der Waals surface area (Å²) < 4.78 is 34.8. The van der Waals surface area contributed by atoms with E-state index in [1.807, 2.05) is 0 Å². The standard InChI is InChI=1S/C22H17F2N3O4S/c1-31-18-5-3-2-4-13(18)11-27-21(29)20-17(8-9-32-20)26(22(27)30)12-19(28)25-16-7-6-14(23)10-15(16)24/h2-10H,11-12H2,1H3,(H,25,28). The van der Waals surface area contributed by atoms with Gasteiger partial charge < -0.3 is 10.1 Å². The van der Waals surface area contributed by atoms with E-state index in [1.54, 1.807) is 35.7 Å². The van der Waals surface area contributed by atoms with E-state index in [1.165, 1.54) is 7.11 Å². The minimum Gasteiger partial charge on any atom is -0.496 e. The van der Waals surface area contributed by atoms with Gasteiger partial charge in [0.2, 0.25) is 5.91 Å². The highest BCUT2D eigenvalue weighted by Gasteiger charge is 2.18. The Bertz CT molecular complexity index is 1440. The van der Waals surface area contributed by atoms with E-state index >= 15 is 0 Å². The van der Waals surface area contributed by atoms with Crippen molar-refractivity contribution in [3.63, 3.8) is 0 Å². The maximum atomic E-state index is 13.9. The predicted octanol–water partition coefficient (Wildman–Crippen LogP) is 3.20. The molecule has 0 bridgehead atoms. The summed E-state index contributed by atoms with van der Waals surface area (Å²) in [5.41, 5.74) is -0.465. The number of methoxy groups -OCH3 is 1. The summed E-state index contributed by atoms with van der Waals surface area (Å²) in [5, 5.41) is 3.97. The number of fused-ring (bicyclic) bond motifs is 1. The molecule has 0 saturated carbocycles. The monoisotopic (exact) mass is 457 g/mol. The summed E-state index contributed by atoms with van der Waals surface area (Å²) in [4.78, 5) is 38.7. The molecule has 0 fully saturated rings. The van der Waals surface area contributed by atoms with Crippen molar-refractivity contribution in [1.82, 2.24) is 9.13 Å². The molecule has 1 amide bonds. The number of hydrogen-bond donors (Lipinski definition) is 1. The highest BCUT2D eigenvalue weighted by Crippen LogP contribution is 2.20. The maximum Gasteiger partial charge on any atom is 0.332 e. The van der Waals surface area contributed by atoms with Crippen molar-refractivity contribution in [2.24, 2.45) is 0 Å². The van der Waals surface area contributed by atoms with Crippen molar-refractivity contribution >= 4 is 33.1 Å². The number of halogens is 2. The molecule has 0 saturated heterocycles. The molecular weight excluding hydrogens is 440 g/mol. The molecule has 0 radical (unpaired) electrons. The number of anilines is 1. The first-order valence-electron chi connectivity index (χ1n) is 9.46. The van der Waals surface area contributed by atoms with Crippen LogP contribution in [-0.4, -0.2) is 22.2 Å². The summed E-state index contributed by atoms with van der Waals surface area (Å²) in [5.74, 6) is -1.90. The van der Waals surface area contributed by atoms with Crippen LogP contribution in [-0.2, 0) is 17.9 Å². The van der Waals surface area contributed by atoms with Gasteiger partial charge in [0.05, 0.1) is 24.9 Å². The molecule has 2 heterocycles. The third-order valence-electron chi connectivity index (χ3n) is 4.86. The van der Waals surface area contributed by atoms with Gasteiger partial charge in [0.25, 0.3) is 5.56 Å². The molecule has 4 rings (SSSR count). The maximum absolute atomic E-state index is 13.9. The van der Waals surface area contributed by atoms with Gasteiger partial charge >= 0.3 is 5.69 Å². The first-order chi connectivity index (χ1) is 15.4. The van der Waals surface area contributed by atoms with Crippen LogP contribution in [0.1, 0.15) is 5.56 Å². The third kappa shape index (κ3) is 4.04. The molecule has 0 aliphatic carbocycles. The fourth-order valence-electron chi connectivity index (χ4n) is 3.35. The Morgan fingerprint density at radius 2 is 1.88 bits per heavy atom. The fraction of sp³-hybridized carbons (Fsp3) is 0.136. The molecular formula is C22H17F2N3O4S. The van der Waals surface area contributed by atoms with Crippen LogP contribution in [0, 0.1) is 11.6 Å². The number of hydrogen-bond acceptors (Lipinski definition) is 5. The Labute approximate surface area is 184 Å². The normalized spacial score (nSPS) is 11.0. The van der Waals surface area contributed by atoms with Crippen molar-refractivity contribution in [2.45, 2.75) is 13.1 Å². The quantitative estimate of drug-likeness (QED) is 0.482. The number of benzene rings is 2. The summed E-state index contributed by atoms with van der Waals surface area (Å²) in [7, 11) is 1.49. The molecule has 10 heteroatoms. The van der Waals surface area contributed by atoms with Crippen molar-refractivity contribution in [3.8, 4) is 5.75 Å². The minimum atomic E-state index is -0.937.